The summed E-state index contributed by atoms with van der Waals surface area (Å²) in [6.45, 7) is 4.00. The summed E-state index contributed by atoms with van der Waals surface area (Å²) in [5, 5.41) is 2.94. The molecule has 2 heterocycles. The summed E-state index contributed by atoms with van der Waals surface area (Å²) >= 11 is 0. The Labute approximate surface area is 123 Å². The molecule has 4 nitrogen and oxygen atoms in total. The number of aryl methyl sites for hydroxylation is 2. The lowest BCUT2D eigenvalue weighted by atomic mass is 10.2. The first-order valence-corrected chi connectivity index (χ1v) is 7.03. The Bertz CT molecular complexity index is 805. The van der Waals surface area contributed by atoms with Gasteiger partial charge >= 0.3 is 0 Å². The SMILES string of the molecule is CCc1nc(C(=O)Nc2ccccc2C)c2ccccn12. The molecule has 0 saturated carbocycles. The molecule has 2 aromatic heterocycles. The van der Waals surface area contributed by atoms with E-state index >= 15 is 0 Å². The van der Waals surface area contributed by atoms with Gasteiger partial charge in [0.15, 0.2) is 5.69 Å². The van der Waals surface area contributed by atoms with Crippen molar-refractivity contribution in [1.82, 2.24) is 9.38 Å². The highest BCUT2D eigenvalue weighted by molar-refractivity contribution is 6.07. The van der Waals surface area contributed by atoms with Crippen LogP contribution in [-0.4, -0.2) is 15.3 Å². The number of carbonyl (C=O) groups excluding carboxylic acids is 1. The molecule has 0 aliphatic heterocycles. The molecule has 21 heavy (non-hydrogen) atoms. The van der Waals surface area contributed by atoms with Crippen molar-refractivity contribution >= 4 is 17.1 Å². The van der Waals surface area contributed by atoms with Gasteiger partial charge in [-0.3, -0.25) is 4.79 Å². The highest BCUT2D eigenvalue weighted by atomic mass is 16.1. The zero-order valence-corrected chi connectivity index (χ0v) is 12.1. The summed E-state index contributed by atoms with van der Waals surface area (Å²) in [6, 6.07) is 13.5. The molecule has 0 aliphatic rings. The van der Waals surface area contributed by atoms with Crippen LogP contribution in [0.2, 0.25) is 0 Å². The van der Waals surface area contributed by atoms with Crippen molar-refractivity contribution in [2.24, 2.45) is 0 Å². The van der Waals surface area contributed by atoms with Gasteiger partial charge in [-0.2, -0.15) is 0 Å². The molecule has 0 fully saturated rings. The molecular formula is C17H17N3O. The van der Waals surface area contributed by atoms with Gasteiger partial charge in [-0.25, -0.2) is 4.98 Å². The minimum absolute atomic E-state index is 0.173. The average Bonchev–Trinajstić information content (AvgIpc) is 2.88. The topological polar surface area (TPSA) is 46.4 Å². The number of carbonyl (C=O) groups is 1. The van der Waals surface area contributed by atoms with E-state index in [9.17, 15) is 4.79 Å². The van der Waals surface area contributed by atoms with E-state index in [1.807, 2.05) is 66.9 Å². The second-order valence-corrected chi connectivity index (χ2v) is 4.96. The van der Waals surface area contributed by atoms with Crippen molar-refractivity contribution in [1.29, 1.82) is 0 Å². The summed E-state index contributed by atoms with van der Waals surface area (Å²) < 4.78 is 1.97. The molecule has 1 aromatic carbocycles. The first-order chi connectivity index (χ1) is 10.2. The zero-order chi connectivity index (χ0) is 14.8. The van der Waals surface area contributed by atoms with Crippen molar-refractivity contribution in [2.75, 3.05) is 5.32 Å². The van der Waals surface area contributed by atoms with Gasteiger partial charge in [-0.1, -0.05) is 31.2 Å². The Morgan fingerprint density at radius 3 is 2.71 bits per heavy atom. The fourth-order valence-electron chi connectivity index (χ4n) is 2.41. The highest BCUT2D eigenvalue weighted by Gasteiger charge is 2.16. The fraction of sp³-hybridized carbons (Fsp3) is 0.176. The predicted molar refractivity (Wildman–Crippen MR) is 83.7 cm³/mol. The largest absolute Gasteiger partial charge is 0.320 e. The second kappa shape index (κ2) is 5.40. The molecular weight excluding hydrogens is 262 g/mol. The molecule has 1 amide bonds. The Kier molecular flexibility index (Phi) is 3.44. The number of rotatable bonds is 3. The van der Waals surface area contributed by atoms with Crippen LogP contribution in [0.5, 0.6) is 0 Å². The van der Waals surface area contributed by atoms with Crippen LogP contribution in [-0.2, 0) is 6.42 Å². The van der Waals surface area contributed by atoms with E-state index < -0.39 is 0 Å². The van der Waals surface area contributed by atoms with Gasteiger partial charge in [0.05, 0.1) is 5.52 Å². The average molecular weight is 279 g/mol. The van der Waals surface area contributed by atoms with Crippen LogP contribution in [0.15, 0.2) is 48.7 Å². The third-order valence-electron chi connectivity index (χ3n) is 3.55. The fourth-order valence-corrected chi connectivity index (χ4v) is 2.41. The Morgan fingerprint density at radius 1 is 1.19 bits per heavy atom. The van der Waals surface area contributed by atoms with Gasteiger partial charge in [0, 0.05) is 18.3 Å². The third-order valence-corrected chi connectivity index (χ3v) is 3.55. The Balaban J connectivity index is 2.01. The van der Waals surface area contributed by atoms with Gasteiger partial charge in [0.25, 0.3) is 5.91 Å². The maximum Gasteiger partial charge on any atom is 0.276 e. The van der Waals surface area contributed by atoms with Crippen molar-refractivity contribution in [2.45, 2.75) is 20.3 Å². The highest BCUT2D eigenvalue weighted by Crippen LogP contribution is 2.18. The molecule has 0 atom stereocenters. The zero-order valence-electron chi connectivity index (χ0n) is 12.1. The summed E-state index contributed by atoms with van der Waals surface area (Å²) in [7, 11) is 0. The van der Waals surface area contributed by atoms with Gasteiger partial charge < -0.3 is 9.72 Å². The molecule has 3 rings (SSSR count). The molecule has 0 bridgehead atoms. The molecule has 106 valence electrons. The van der Waals surface area contributed by atoms with E-state index in [0.717, 1.165) is 29.0 Å². The maximum absolute atomic E-state index is 12.5. The van der Waals surface area contributed by atoms with Gasteiger partial charge in [-0.15, -0.1) is 0 Å². The molecule has 1 N–H and O–H groups in total. The number of anilines is 1. The van der Waals surface area contributed by atoms with Crippen molar-refractivity contribution in [3.05, 3.63) is 65.7 Å². The molecule has 0 spiro atoms. The summed E-state index contributed by atoms with van der Waals surface area (Å²) in [5.74, 6) is 0.716. The van der Waals surface area contributed by atoms with Gasteiger partial charge in [0.1, 0.15) is 5.82 Å². The number of benzene rings is 1. The summed E-state index contributed by atoms with van der Waals surface area (Å²) in [4.78, 5) is 17.0. The number of amides is 1. The van der Waals surface area contributed by atoms with E-state index in [-0.39, 0.29) is 5.91 Å². The number of hydrogen-bond donors (Lipinski definition) is 1. The standard InChI is InChI=1S/C17H17N3O/c1-3-15-19-16(14-10-6-7-11-20(14)15)17(21)18-13-9-5-4-8-12(13)2/h4-11H,3H2,1-2H3,(H,18,21). The number of nitrogens with one attached hydrogen (secondary N) is 1. The predicted octanol–water partition coefficient (Wildman–Crippen LogP) is 3.46. The summed E-state index contributed by atoms with van der Waals surface area (Å²) in [5.41, 5.74) is 3.15. The van der Waals surface area contributed by atoms with E-state index in [2.05, 4.69) is 10.3 Å². The van der Waals surface area contributed by atoms with Crippen molar-refractivity contribution < 1.29 is 4.79 Å². The first-order valence-electron chi connectivity index (χ1n) is 7.03. The van der Waals surface area contributed by atoms with Crippen molar-refractivity contribution in [3.8, 4) is 0 Å². The molecule has 0 aliphatic carbocycles. The lowest BCUT2D eigenvalue weighted by Gasteiger charge is -2.06. The maximum atomic E-state index is 12.5. The second-order valence-electron chi connectivity index (χ2n) is 4.96. The normalized spacial score (nSPS) is 10.8. The van der Waals surface area contributed by atoms with Crippen LogP contribution in [0.25, 0.3) is 5.52 Å². The molecule has 0 radical (unpaired) electrons. The molecule has 4 heteroatoms. The van der Waals surface area contributed by atoms with Crippen LogP contribution < -0.4 is 5.32 Å². The molecule has 0 unspecified atom stereocenters. The van der Waals surface area contributed by atoms with E-state index in [0.29, 0.717) is 5.69 Å². The van der Waals surface area contributed by atoms with Crippen LogP contribution in [0.3, 0.4) is 0 Å². The lowest BCUT2D eigenvalue weighted by Crippen LogP contribution is -2.13. The number of imidazole rings is 1. The van der Waals surface area contributed by atoms with Gasteiger partial charge in [0.2, 0.25) is 0 Å². The van der Waals surface area contributed by atoms with Crippen LogP contribution >= 0.6 is 0 Å². The minimum atomic E-state index is -0.173. The van der Waals surface area contributed by atoms with Crippen LogP contribution in [0.1, 0.15) is 28.8 Å². The van der Waals surface area contributed by atoms with E-state index in [1.165, 1.54) is 0 Å². The summed E-state index contributed by atoms with van der Waals surface area (Å²) in [6.07, 6.45) is 2.72. The third kappa shape index (κ3) is 2.40. The number of pyridine rings is 1. The number of fused-ring (bicyclic) bond motifs is 1. The Morgan fingerprint density at radius 2 is 1.95 bits per heavy atom. The molecule has 0 saturated heterocycles. The van der Waals surface area contributed by atoms with Crippen molar-refractivity contribution in [3.63, 3.8) is 0 Å². The number of aromatic nitrogens is 2. The number of hydrogen-bond acceptors (Lipinski definition) is 2. The quantitative estimate of drug-likeness (QED) is 0.798. The monoisotopic (exact) mass is 279 g/mol. The number of para-hydroxylation sites is 1. The lowest BCUT2D eigenvalue weighted by molar-refractivity contribution is 0.102. The van der Waals surface area contributed by atoms with E-state index in [1.54, 1.807) is 0 Å². The smallest absolute Gasteiger partial charge is 0.276 e. The first kappa shape index (κ1) is 13.4. The van der Waals surface area contributed by atoms with E-state index in [4.69, 9.17) is 0 Å². The van der Waals surface area contributed by atoms with Crippen LogP contribution in [0.4, 0.5) is 5.69 Å². The molecule has 3 aromatic rings. The Hall–Kier alpha value is -2.62. The number of nitrogens with zero attached hydrogens (tertiary/aromatic N) is 2. The van der Waals surface area contributed by atoms with Gasteiger partial charge in [-0.05, 0) is 30.7 Å². The minimum Gasteiger partial charge on any atom is -0.320 e. The van der Waals surface area contributed by atoms with Crippen LogP contribution in [0, 0.1) is 6.92 Å².